The van der Waals surface area contributed by atoms with Crippen LogP contribution in [0.25, 0.3) is 0 Å². The Kier molecular flexibility index (Phi) is 3.77. The molecule has 1 unspecified atom stereocenters. The Labute approximate surface area is 85.8 Å². The smallest absolute Gasteiger partial charge is 0.373 e. The van der Waals surface area contributed by atoms with E-state index in [1.54, 1.807) is 0 Å². The average molecular weight is 244 g/mol. The van der Waals surface area contributed by atoms with Crippen LogP contribution in [0.1, 0.15) is 12.8 Å². The molecule has 1 heterocycles. The summed E-state index contributed by atoms with van der Waals surface area (Å²) in [6, 6.07) is 0. The number of ether oxygens (including phenoxy) is 1. The van der Waals surface area contributed by atoms with E-state index in [0.717, 1.165) is 5.41 Å². The summed E-state index contributed by atoms with van der Waals surface area (Å²) in [5, 5.41) is 1.03. The maximum Gasteiger partial charge on any atom is 0.389 e. The molecule has 0 N–H and O–H groups in total. The van der Waals surface area contributed by atoms with Crippen LogP contribution in [0.15, 0.2) is 11.5 Å². The first-order valence-corrected chi connectivity index (χ1v) is 6.09. The summed E-state index contributed by atoms with van der Waals surface area (Å²) < 4.78 is 61.9. The maximum atomic E-state index is 11.7. The van der Waals surface area contributed by atoms with E-state index in [2.05, 4.69) is 0 Å². The van der Waals surface area contributed by atoms with E-state index in [1.165, 1.54) is 6.08 Å². The number of sulfone groups is 1. The molecule has 7 heteroatoms. The molecule has 0 saturated heterocycles. The highest BCUT2D eigenvalue weighted by Crippen LogP contribution is 2.21. The van der Waals surface area contributed by atoms with E-state index in [-0.39, 0.29) is 18.8 Å². The van der Waals surface area contributed by atoms with E-state index in [0.29, 0.717) is 0 Å². The highest BCUT2D eigenvalue weighted by atomic mass is 32.2. The Morgan fingerprint density at radius 1 is 1.40 bits per heavy atom. The molecule has 1 atom stereocenters. The normalized spacial score (nSPS) is 24.6. The Balaban J connectivity index is 2.16. The Morgan fingerprint density at radius 2 is 2.07 bits per heavy atom. The lowest BCUT2D eigenvalue weighted by molar-refractivity contribution is -0.138. The van der Waals surface area contributed by atoms with Gasteiger partial charge in [-0.25, -0.2) is 8.42 Å². The molecule has 0 aliphatic carbocycles. The van der Waals surface area contributed by atoms with Crippen molar-refractivity contribution in [3.05, 3.63) is 11.5 Å². The molecule has 0 radical (unpaired) electrons. The molecule has 1 aliphatic rings. The molecule has 0 aromatic rings. The van der Waals surface area contributed by atoms with Gasteiger partial charge in [-0.2, -0.15) is 13.2 Å². The SMILES string of the molecule is O=S1(=O)C=CC(OCCCC(F)(F)F)C1. The van der Waals surface area contributed by atoms with Gasteiger partial charge in [0.05, 0.1) is 11.9 Å². The molecular formula is C8H11F3O3S. The third kappa shape index (κ3) is 5.17. The third-order valence-corrected chi connectivity index (χ3v) is 3.20. The summed E-state index contributed by atoms with van der Waals surface area (Å²) in [6.45, 7) is -0.0793. The lowest BCUT2D eigenvalue weighted by atomic mass is 10.3. The van der Waals surface area contributed by atoms with Crippen LogP contribution in [0.4, 0.5) is 13.2 Å². The van der Waals surface area contributed by atoms with Crippen molar-refractivity contribution >= 4 is 9.84 Å². The molecule has 3 nitrogen and oxygen atoms in total. The Bertz CT molecular complexity index is 332. The van der Waals surface area contributed by atoms with Crippen molar-refractivity contribution < 1.29 is 26.3 Å². The third-order valence-electron chi connectivity index (χ3n) is 1.83. The van der Waals surface area contributed by atoms with Gasteiger partial charge in [0.15, 0.2) is 9.84 Å². The molecule has 1 aliphatic heterocycles. The second-order valence-electron chi connectivity index (χ2n) is 3.29. The fourth-order valence-electron chi connectivity index (χ4n) is 1.16. The molecule has 0 saturated carbocycles. The number of rotatable bonds is 4. The van der Waals surface area contributed by atoms with Crippen molar-refractivity contribution in [1.29, 1.82) is 0 Å². The van der Waals surface area contributed by atoms with Crippen molar-refractivity contribution in [3.63, 3.8) is 0 Å². The second kappa shape index (κ2) is 4.52. The van der Waals surface area contributed by atoms with Crippen molar-refractivity contribution in [2.24, 2.45) is 0 Å². The summed E-state index contributed by atoms with van der Waals surface area (Å²) in [4.78, 5) is 0. The molecule has 15 heavy (non-hydrogen) atoms. The predicted octanol–water partition coefficient (Wildman–Crippen LogP) is 1.66. The van der Waals surface area contributed by atoms with Crippen LogP contribution >= 0.6 is 0 Å². The Morgan fingerprint density at radius 3 is 2.53 bits per heavy atom. The van der Waals surface area contributed by atoms with Crippen LogP contribution in [-0.2, 0) is 14.6 Å². The fraction of sp³-hybridized carbons (Fsp3) is 0.750. The minimum atomic E-state index is -4.18. The van der Waals surface area contributed by atoms with Gasteiger partial charge in [0.1, 0.15) is 0 Å². The summed E-state index contributed by atoms with van der Waals surface area (Å²) in [5.41, 5.74) is 0. The van der Waals surface area contributed by atoms with Crippen LogP contribution < -0.4 is 0 Å². The molecular weight excluding hydrogens is 233 g/mol. The highest BCUT2D eigenvalue weighted by molar-refractivity contribution is 7.94. The van der Waals surface area contributed by atoms with E-state index in [9.17, 15) is 21.6 Å². The number of halogens is 3. The molecule has 0 fully saturated rings. The van der Waals surface area contributed by atoms with Gasteiger partial charge in [-0.1, -0.05) is 0 Å². The van der Waals surface area contributed by atoms with Crippen molar-refractivity contribution in [2.45, 2.75) is 25.1 Å². The molecule has 0 aromatic carbocycles. The maximum absolute atomic E-state index is 11.7. The van der Waals surface area contributed by atoms with Gasteiger partial charge < -0.3 is 4.74 Å². The largest absolute Gasteiger partial charge is 0.389 e. The quantitative estimate of drug-likeness (QED) is 0.706. The monoisotopic (exact) mass is 244 g/mol. The Hall–Kier alpha value is -0.560. The zero-order chi connectivity index (χ0) is 11.5. The topological polar surface area (TPSA) is 43.4 Å². The van der Waals surface area contributed by atoms with Gasteiger partial charge in [-0.05, 0) is 12.5 Å². The summed E-state index contributed by atoms with van der Waals surface area (Å²) in [6.07, 6.45) is -4.48. The van der Waals surface area contributed by atoms with Crippen LogP contribution in [0.5, 0.6) is 0 Å². The molecule has 0 amide bonds. The van der Waals surface area contributed by atoms with Gasteiger partial charge in [-0.3, -0.25) is 0 Å². The van der Waals surface area contributed by atoms with Gasteiger partial charge in [0.2, 0.25) is 0 Å². The van der Waals surface area contributed by atoms with E-state index >= 15 is 0 Å². The summed E-state index contributed by atoms with van der Waals surface area (Å²) in [7, 11) is -3.19. The average Bonchev–Trinajstić information content (AvgIpc) is 2.38. The second-order valence-corrected chi connectivity index (χ2v) is 5.22. The lowest BCUT2D eigenvalue weighted by Crippen LogP contribution is -2.17. The number of hydrogen-bond donors (Lipinski definition) is 0. The van der Waals surface area contributed by atoms with E-state index in [1.807, 2.05) is 0 Å². The van der Waals surface area contributed by atoms with Gasteiger partial charge in [0.25, 0.3) is 0 Å². The molecule has 0 bridgehead atoms. The predicted molar refractivity (Wildman–Crippen MR) is 48.0 cm³/mol. The number of hydrogen-bond acceptors (Lipinski definition) is 3. The number of alkyl halides is 3. The highest BCUT2D eigenvalue weighted by Gasteiger charge is 2.27. The van der Waals surface area contributed by atoms with Crippen LogP contribution in [-0.4, -0.2) is 33.1 Å². The first kappa shape index (κ1) is 12.5. The molecule has 0 aromatic heterocycles. The zero-order valence-corrected chi connectivity index (χ0v) is 8.64. The minimum absolute atomic E-state index is 0.0793. The van der Waals surface area contributed by atoms with Gasteiger partial charge >= 0.3 is 6.18 Å². The molecule has 0 spiro atoms. The van der Waals surface area contributed by atoms with Crippen molar-refractivity contribution in [1.82, 2.24) is 0 Å². The molecule has 1 rings (SSSR count). The van der Waals surface area contributed by atoms with Gasteiger partial charge in [-0.15, -0.1) is 0 Å². The summed E-state index contributed by atoms with van der Waals surface area (Å²) in [5.74, 6) is -0.168. The lowest BCUT2D eigenvalue weighted by Gasteiger charge is -2.09. The fourth-order valence-corrected chi connectivity index (χ4v) is 2.35. The van der Waals surface area contributed by atoms with Crippen LogP contribution in [0, 0.1) is 0 Å². The van der Waals surface area contributed by atoms with E-state index < -0.39 is 28.5 Å². The minimum Gasteiger partial charge on any atom is -0.373 e. The zero-order valence-electron chi connectivity index (χ0n) is 7.83. The van der Waals surface area contributed by atoms with Crippen molar-refractivity contribution in [2.75, 3.05) is 12.4 Å². The summed E-state index contributed by atoms with van der Waals surface area (Å²) >= 11 is 0. The first-order valence-electron chi connectivity index (χ1n) is 4.38. The van der Waals surface area contributed by atoms with Crippen LogP contribution in [0.2, 0.25) is 0 Å². The van der Waals surface area contributed by atoms with Crippen molar-refractivity contribution in [3.8, 4) is 0 Å². The molecule has 88 valence electrons. The van der Waals surface area contributed by atoms with Crippen LogP contribution in [0.3, 0.4) is 0 Å². The first-order chi connectivity index (χ1) is 6.79. The standard InChI is InChI=1S/C8H11F3O3S/c9-8(10,11)3-1-4-14-7-2-5-15(12,13)6-7/h2,5,7H,1,3-4,6H2. The van der Waals surface area contributed by atoms with E-state index in [4.69, 9.17) is 4.74 Å². The van der Waals surface area contributed by atoms with Gasteiger partial charge in [0, 0.05) is 18.4 Å².